The number of nitrogens with one attached hydrogen (secondary N) is 1. The fourth-order valence-electron chi connectivity index (χ4n) is 1.48. The first-order valence-electron chi connectivity index (χ1n) is 4.56. The summed E-state index contributed by atoms with van der Waals surface area (Å²) in [5, 5.41) is 2.48. The molecule has 1 aromatic carbocycles. The molecule has 1 heterocycles. The molecular weight excluding hydrogens is 204 g/mol. The van der Waals surface area contributed by atoms with E-state index in [0.29, 0.717) is 18.5 Å². The molecule has 5 heteroatoms. The summed E-state index contributed by atoms with van der Waals surface area (Å²) in [7, 11) is 0. The molecule has 80 valence electrons. The molecule has 0 aromatic heterocycles. The largest absolute Gasteiger partial charge is 0.441 e. The Hall–Kier alpha value is -1.65. The molecule has 1 aliphatic rings. The molecular formula is C10H9F2NO2. The molecule has 0 aliphatic carbocycles. The number of ether oxygens (including phenoxy) is 1. The van der Waals surface area contributed by atoms with Gasteiger partial charge in [0.15, 0.2) is 11.6 Å². The van der Waals surface area contributed by atoms with Gasteiger partial charge >= 0.3 is 6.09 Å². The summed E-state index contributed by atoms with van der Waals surface area (Å²) >= 11 is 0. The monoisotopic (exact) mass is 213 g/mol. The average molecular weight is 213 g/mol. The van der Waals surface area contributed by atoms with E-state index in [2.05, 4.69) is 5.32 Å². The Balaban J connectivity index is 2.21. The van der Waals surface area contributed by atoms with Gasteiger partial charge in [0.25, 0.3) is 0 Å². The van der Waals surface area contributed by atoms with Crippen LogP contribution in [0.3, 0.4) is 0 Å². The number of benzene rings is 1. The Labute approximate surface area is 85.0 Å². The van der Waals surface area contributed by atoms with Crippen LogP contribution < -0.4 is 5.32 Å². The smallest absolute Gasteiger partial charge is 0.407 e. The summed E-state index contributed by atoms with van der Waals surface area (Å²) in [5.41, 5.74) is 0.476. The van der Waals surface area contributed by atoms with Crippen molar-refractivity contribution < 1.29 is 18.3 Å². The van der Waals surface area contributed by atoms with Gasteiger partial charge in [0, 0.05) is 13.0 Å². The lowest BCUT2D eigenvalue weighted by Crippen LogP contribution is -2.33. The quantitative estimate of drug-likeness (QED) is 0.776. The van der Waals surface area contributed by atoms with Gasteiger partial charge in [-0.25, -0.2) is 13.6 Å². The van der Waals surface area contributed by atoms with Crippen LogP contribution in [0.4, 0.5) is 13.6 Å². The van der Waals surface area contributed by atoms with E-state index in [-0.39, 0.29) is 0 Å². The van der Waals surface area contributed by atoms with E-state index in [1.165, 1.54) is 6.07 Å². The average Bonchev–Trinajstić information content (AvgIpc) is 2.22. The molecule has 0 spiro atoms. The van der Waals surface area contributed by atoms with Crippen LogP contribution in [0.5, 0.6) is 0 Å². The highest BCUT2D eigenvalue weighted by molar-refractivity contribution is 5.68. The first kappa shape index (κ1) is 9.89. The van der Waals surface area contributed by atoms with Gasteiger partial charge in [-0.2, -0.15) is 0 Å². The van der Waals surface area contributed by atoms with Gasteiger partial charge in [-0.15, -0.1) is 0 Å². The molecule has 1 atom stereocenters. The molecule has 0 radical (unpaired) electrons. The van der Waals surface area contributed by atoms with Gasteiger partial charge in [0.2, 0.25) is 0 Å². The molecule has 0 saturated carbocycles. The fourth-order valence-corrected chi connectivity index (χ4v) is 1.48. The molecule has 1 aromatic rings. The number of rotatable bonds is 1. The van der Waals surface area contributed by atoms with E-state index in [1.54, 1.807) is 0 Å². The SMILES string of the molecule is O=C1NCCC(c2ccc(F)c(F)c2)O1. The second-order valence-electron chi connectivity index (χ2n) is 3.28. The molecule has 1 saturated heterocycles. The first-order chi connectivity index (χ1) is 7.16. The summed E-state index contributed by atoms with van der Waals surface area (Å²) < 4.78 is 30.5. The van der Waals surface area contributed by atoms with Gasteiger partial charge in [0.05, 0.1) is 0 Å². The van der Waals surface area contributed by atoms with Gasteiger partial charge in [-0.3, -0.25) is 0 Å². The number of carbonyl (C=O) groups excluding carboxylic acids is 1. The maximum Gasteiger partial charge on any atom is 0.407 e. The second kappa shape index (κ2) is 3.84. The minimum absolute atomic E-state index is 0.475. The van der Waals surface area contributed by atoms with Crippen molar-refractivity contribution in [2.45, 2.75) is 12.5 Å². The minimum Gasteiger partial charge on any atom is -0.441 e. The van der Waals surface area contributed by atoms with Crippen LogP contribution in [0.1, 0.15) is 18.1 Å². The van der Waals surface area contributed by atoms with Crippen LogP contribution in [0.15, 0.2) is 18.2 Å². The van der Waals surface area contributed by atoms with E-state index in [1.807, 2.05) is 0 Å². The first-order valence-corrected chi connectivity index (χ1v) is 4.56. The maximum absolute atomic E-state index is 12.9. The van der Waals surface area contributed by atoms with Crippen LogP contribution >= 0.6 is 0 Å². The Kier molecular flexibility index (Phi) is 2.53. The van der Waals surface area contributed by atoms with Crippen LogP contribution in [0.25, 0.3) is 0 Å². The highest BCUT2D eigenvalue weighted by Gasteiger charge is 2.22. The van der Waals surface area contributed by atoms with Crippen molar-refractivity contribution in [1.29, 1.82) is 0 Å². The predicted molar refractivity (Wildman–Crippen MR) is 48.2 cm³/mol. The lowest BCUT2D eigenvalue weighted by molar-refractivity contribution is 0.0736. The number of hydrogen-bond acceptors (Lipinski definition) is 2. The van der Waals surface area contributed by atoms with Crippen molar-refractivity contribution in [3.05, 3.63) is 35.4 Å². The Bertz CT molecular complexity index is 395. The number of halogens is 2. The normalized spacial score (nSPS) is 20.7. The molecule has 1 fully saturated rings. The van der Waals surface area contributed by atoms with E-state index < -0.39 is 23.8 Å². The molecule has 1 amide bonds. The number of hydrogen-bond donors (Lipinski definition) is 1. The molecule has 1 unspecified atom stereocenters. The zero-order chi connectivity index (χ0) is 10.8. The summed E-state index contributed by atoms with van der Waals surface area (Å²) in [6.07, 6.45) is -0.471. The van der Waals surface area contributed by atoms with Crippen LogP contribution in [0.2, 0.25) is 0 Å². The van der Waals surface area contributed by atoms with E-state index in [9.17, 15) is 13.6 Å². The van der Waals surface area contributed by atoms with Crippen molar-refractivity contribution in [2.24, 2.45) is 0 Å². The highest BCUT2D eigenvalue weighted by Crippen LogP contribution is 2.24. The van der Waals surface area contributed by atoms with Crippen molar-refractivity contribution >= 4 is 6.09 Å². The van der Waals surface area contributed by atoms with Crippen molar-refractivity contribution in [2.75, 3.05) is 6.54 Å². The van der Waals surface area contributed by atoms with Crippen molar-refractivity contribution in [1.82, 2.24) is 5.32 Å². The summed E-state index contributed by atoms with van der Waals surface area (Å²) in [4.78, 5) is 10.9. The predicted octanol–water partition coefficient (Wildman–Crippen LogP) is 2.14. The van der Waals surface area contributed by atoms with Crippen molar-refractivity contribution in [3.63, 3.8) is 0 Å². The zero-order valence-electron chi connectivity index (χ0n) is 7.80. The topological polar surface area (TPSA) is 38.3 Å². The van der Waals surface area contributed by atoms with Gasteiger partial charge in [-0.1, -0.05) is 6.07 Å². The number of amides is 1. The van der Waals surface area contributed by atoms with Crippen LogP contribution in [0, 0.1) is 11.6 Å². The minimum atomic E-state index is -0.929. The molecule has 1 N–H and O–H groups in total. The van der Waals surface area contributed by atoms with Gasteiger partial charge in [0.1, 0.15) is 6.10 Å². The summed E-state index contributed by atoms with van der Waals surface area (Å²) in [6, 6.07) is 3.50. The highest BCUT2D eigenvalue weighted by atomic mass is 19.2. The fraction of sp³-hybridized carbons (Fsp3) is 0.300. The number of carbonyl (C=O) groups is 1. The second-order valence-corrected chi connectivity index (χ2v) is 3.28. The summed E-state index contributed by atoms with van der Waals surface area (Å²) in [5.74, 6) is -1.83. The molecule has 1 aliphatic heterocycles. The standard InChI is InChI=1S/C10H9F2NO2/c11-7-2-1-6(5-8(7)12)9-3-4-13-10(14)15-9/h1-2,5,9H,3-4H2,(H,13,14). The van der Waals surface area contributed by atoms with Gasteiger partial charge < -0.3 is 10.1 Å². The molecule has 15 heavy (non-hydrogen) atoms. The molecule has 0 bridgehead atoms. The third kappa shape index (κ3) is 2.06. The Morgan fingerprint density at radius 1 is 1.33 bits per heavy atom. The van der Waals surface area contributed by atoms with Crippen LogP contribution in [-0.4, -0.2) is 12.6 Å². The molecule has 2 rings (SSSR count). The lowest BCUT2D eigenvalue weighted by Gasteiger charge is -2.23. The molecule has 3 nitrogen and oxygen atoms in total. The maximum atomic E-state index is 12.9. The van der Waals surface area contributed by atoms with Crippen LogP contribution in [-0.2, 0) is 4.74 Å². The van der Waals surface area contributed by atoms with E-state index in [0.717, 1.165) is 12.1 Å². The number of cyclic esters (lactones) is 1. The lowest BCUT2D eigenvalue weighted by atomic mass is 10.1. The number of alkyl carbamates (subject to hydrolysis) is 1. The Morgan fingerprint density at radius 3 is 2.80 bits per heavy atom. The van der Waals surface area contributed by atoms with E-state index in [4.69, 9.17) is 4.74 Å². The third-order valence-electron chi connectivity index (χ3n) is 2.24. The Morgan fingerprint density at radius 2 is 2.13 bits per heavy atom. The third-order valence-corrected chi connectivity index (χ3v) is 2.24. The van der Waals surface area contributed by atoms with Gasteiger partial charge in [-0.05, 0) is 17.7 Å². The summed E-state index contributed by atoms with van der Waals surface area (Å²) in [6.45, 7) is 0.475. The zero-order valence-corrected chi connectivity index (χ0v) is 7.80. The van der Waals surface area contributed by atoms with E-state index >= 15 is 0 Å². The van der Waals surface area contributed by atoms with Crippen molar-refractivity contribution in [3.8, 4) is 0 Å².